The van der Waals surface area contributed by atoms with Crippen molar-refractivity contribution in [1.29, 1.82) is 0 Å². The van der Waals surface area contributed by atoms with E-state index in [0.717, 1.165) is 44.7 Å². The summed E-state index contributed by atoms with van der Waals surface area (Å²) in [6.45, 7) is 5.96. The standard InChI is InChI=1S/C28H40N4O3S.C2HF3O2/c1-3-4-18-31(2)28(33)24-12-15-27(32-19-16-29-17-20-32)26(21-24)30-36(34,35)25-13-10-23(11-14-25)22-8-6-5-7-9-22;3-2(4,5)1(6)7/h10-15,21-22,29-30H,3-9,16-20H2,1-2H3;(H,6,7). The van der Waals surface area contributed by atoms with Gasteiger partial charge in [0.1, 0.15) is 0 Å². The zero-order chi connectivity index (χ0) is 31.6. The van der Waals surface area contributed by atoms with Crippen LogP contribution in [-0.4, -0.2) is 76.2 Å². The molecule has 0 atom stereocenters. The summed E-state index contributed by atoms with van der Waals surface area (Å²) in [4.78, 5) is 26.0. The van der Waals surface area contributed by atoms with Gasteiger partial charge in [0.05, 0.1) is 16.3 Å². The van der Waals surface area contributed by atoms with Crippen LogP contribution in [0.3, 0.4) is 0 Å². The van der Waals surface area contributed by atoms with Crippen molar-refractivity contribution in [1.82, 2.24) is 10.2 Å². The highest BCUT2D eigenvalue weighted by molar-refractivity contribution is 7.92. The largest absolute Gasteiger partial charge is 0.490 e. The number of halogens is 3. The molecule has 0 bridgehead atoms. The Balaban J connectivity index is 0.000000646. The average molecular weight is 627 g/mol. The van der Waals surface area contributed by atoms with E-state index in [1.54, 1.807) is 36.2 Å². The van der Waals surface area contributed by atoms with Gasteiger partial charge in [0.25, 0.3) is 15.9 Å². The number of nitrogens with one attached hydrogen (secondary N) is 2. The fourth-order valence-electron chi connectivity index (χ4n) is 5.21. The van der Waals surface area contributed by atoms with Gasteiger partial charge >= 0.3 is 12.1 Å². The molecule has 1 amide bonds. The summed E-state index contributed by atoms with van der Waals surface area (Å²) in [5.41, 5.74) is 2.95. The number of hydrogen-bond donors (Lipinski definition) is 3. The molecule has 0 spiro atoms. The number of hydrogen-bond acceptors (Lipinski definition) is 6. The SMILES string of the molecule is CCCCN(C)C(=O)c1ccc(N2CCNCC2)c(NS(=O)(=O)c2ccc(C3CCCCC3)cc2)c1.O=C(O)C(F)(F)F. The minimum absolute atomic E-state index is 0.104. The van der Waals surface area contributed by atoms with Gasteiger partial charge in [-0.05, 0) is 61.1 Å². The smallest absolute Gasteiger partial charge is 0.475 e. The van der Waals surface area contributed by atoms with Crippen LogP contribution in [0.5, 0.6) is 0 Å². The fourth-order valence-corrected chi connectivity index (χ4v) is 6.27. The molecule has 13 heteroatoms. The summed E-state index contributed by atoms with van der Waals surface area (Å²) in [7, 11) is -2.02. The maximum atomic E-state index is 13.4. The van der Waals surface area contributed by atoms with Crippen LogP contribution in [0.25, 0.3) is 0 Å². The number of sulfonamides is 1. The number of piperazine rings is 1. The molecular weight excluding hydrogens is 585 g/mol. The van der Waals surface area contributed by atoms with E-state index < -0.39 is 22.2 Å². The number of aliphatic carboxylic acids is 1. The Kier molecular flexibility index (Phi) is 12.3. The Morgan fingerprint density at radius 3 is 2.21 bits per heavy atom. The van der Waals surface area contributed by atoms with E-state index in [2.05, 4.69) is 21.9 Å². The van der Waals surface area contributed by atoms with E-state index in [-0.39, 0.29) is 10.8 Å². The number of amides is 1. The normalized spacial score (nSPS) is 16.2. The molecule has 238 valence electrons. The van der Waals surface area contributed by atoms with Crippen molar-refractivity contribution in [2.45, 2.75) is 68.9 Å². The van der Waals surface area contributed by atoms with Crippen molar-refractivity contribution < 1.29 is 36.3 Å². The summed E-state index contributed by atoms with van der Waals surface area (Å²) >= 11 is 0. The second-order valence-electron chi connectivity index (χ2n) is 10.9. The summed E-state index contributed by atoms with van der Waals surface area (Å²) in [6, 6.07) is 12.7. The van der Waals surface area contributed by atoms with Crippen LogP contribution in [0.4, 0.5) is 24.5 Å². The molecule has 2 aromatic carbocycles. The van der Waals surface area contributed by atoms with E-state index in [9.17, 15) is 26.4 Å². The molecule has 1 saturated carbocycles. The van der Waals surface area contributed by atoms with E-state index in [1.165, 1.54) is 37.7 Å². The molecule has 2 fully saturated rings. The molecule has 2 aliphatic rings. The fraction of sp³-hybridized carbons (Fsp3) is 0.533. The van der Waals surface area contributed by atoms with Gasteiger partial charge in [-0.15, -0.1) is 0 Å². The Morgan fingerprint density at radius 2 is 1.65 bits per heavy atom. The zero-order valence-electron chi connectivity index (χ0n) is 24.6. The van der Waals surface area contributed by atoms with Crippen molar-refractivity contribution in [2.75, 3.05) is 49.4 Å². The molecule has 9 nitrogen and oxygen atoms in total. The Morgan fingerprint density at radius 1 is 1.05 bits per heavy atom. The van der Waals surface area contributed by atoms with E-state index >= 15 is 0 Å². The first-order valence-corrected chi connectivity index (χ1v) is 16.1. The van der Waals surface area contributed by atoms with Crippen LogP contribution in [0.2, 0.25) is 0 Å². The molecule has 1 heterocycles. The predicted molar refractivity (Wildman–Crippen MR) is 160 cm³/mol. The van der Waals surface area contributed by atoms with Gasteiger partial charge in [-0.1, -0.05) is 44.7 Å². The third-order valence-electron chi connectivity index (χ3n) is 7.65. The second-order valence-corrected chi connectivity index (χ2v) is 12.5. The number of carboxylic acids is 1. The molecule has 4 rings (SSSR count). The minimum Gasteiger partial charge on any atom is -0.475 e. The molecule has 1 aliphatic heterocycles. The highest BCUT2D eigenvalue weighted by atomic mass is 32.2. The van der Waals surface area contributed by atoms with Gasteiger partial charge in [0.2, 0.25) is 0 Å². The van der Waals surface area contributed by atoms with Gasteiger partial charge in [-0.3, -0.25) is 9.52 Å². The topological polar surface area (TPSA) is 119 Å². The lowest BCUT2D eigenvalue weighted by Gasteiger charge is -2.31. The van der Waals surface area contributed by atoms with Gasteiger partial charge in [-0.25, -0.2) is 13.2 Å². The van der Waals surface area contributed by atoms with Crippen LogP contribution in [0.1, 0.15) is 73.7 Å². The van der Waals surface area contributed by atoms with Crippen molar-refractivity contribution in [3.05, 3.63) is 53.6 Å². The van der Waals surface area contributed by atoms with Crippen LogP contribution in [0.15, 0.2) is 47.4 Å². The maximum absolute atomic E-state index is 13.4. The second kappa shape index (κ2) is 15.4. The van der Waals surface area contributed by atoms with Crippen molar-refractivity contribution in [3.8, 4) is 0 Å². The number of alkyl halides is 3. The third-order valence-corrected chi connectivity index (χ3v) is 9.03. The van der Waals surface area contributed by atoms with Gasteiger partial charge < -0.3 is 20.2 Å². The first-order chi connectivity index (χ1) is 20.3. The van der Waals surface area contributed by atoms with Crippen LogP contribution in [-0.2, 0) is 14.8 Å². The maximum Gasteiger partial charge on any atom is 0.490 e. The Hall–Kier alpha value is -3.32. The first-order valence-electron chi connectivity index (χ1n) is 14.6. The number of unbranched alkanes of at least 4 members (excludes halogenated alkanes) is 1. The van der Waals surface area contributed by atoms with Gasteiger partial charge in [0, 0.05) is 45.3 Å². The number of carboxylic acid groups (broad SMARTS) is 1. The Bertz CT molecular complexity index is 1320. The van der Waals surface area contributed by atoms with Crippen molar-refractivity contribution in [2.24, 2.45) is 0 Å². The Labute approximate surface area is 251 Å². The summed E-state index contributed by atoms with van der Waals surface area (Å²) in [5.74, 6) is -2.34. The quantitative estimate of drug-likeness (QED) is 0.339. The van der Waals surface area contributed by atoms with Crippen LogP contribution in [0, 0.1) is 0 Å². The number of carbonyl (C=O) groups excluding carboxylic acids is 1. The number of benzene rings is 2. The molecule has 2 aromatic rings. The lowest BCUT2D eigenvalue weighted by molar-refractivity contribution is -0.192. The minimum atomic E-state index is -5.08. The van der Waals surface area contributed by atoms with Gasteiger partial charge in [-0.2, -0.15) is 13.2 Å². The molecule has 1 saturated heterocycles. The lowest BCUT2D eigenvalue weighted by atomic mass is 9.84. The molecule has 0 radical (unpaired) electrons. The molecule has 3 N–H and O–H groups in total. The van der Waals surface area contributed by atoms with E-state index in [1.807, 2.05) is 18.2 Å². The number of nitrogens with zero attached hydrogens (tertiary/aromatic N) is 2. The monoisotopic (exact) mass is 626 g/mol. The molecule has 43 heavy (non-hydrogen) atoms. The highest BCUT2D eigenvalue weighted by Crippen LogP contribution is 2.34. The lowest BCUT2D eigenvalue weighted by Crippen LogP contribution is -2.43. The zero-order valence-corrected chi connectivity index (χ0v) is 25.4. The van der Waals surface area contributed by atoms with Crippen LogP contribution >= 0.6 is 0 Å². The van der Waals surface area contributed by atoms with Crippen molar-refractivity contribution >= 4 is 33.3 Å². The average Bonchev–Trinajstić information content (AvgIpc) is 3.00. The van der Waals surface area contributed by atoms with E-state index in [0.29, 0.717) is 23.7 Å². The van der Waals surface area contributed by atoms with Gasteiger partial charge in [0.15, 0.2) is 0 Å². The summed E-state index contributed by atoms with van der Waals surface area (Å²) in [6.07, 6.45) is 2.96. The van der Waals surface area contributed by atoms with E-state index in [4.69, 9.17) is 9.90 Å². The molecule has 0 aromatic heterocycles. The predicted octanol–water partition coefficient (Wildman–Crippen LogP) is 5.45. The number of anilines is 2. The third kappa shape index (κ3) is 9.85. The molecule has 1 aliphatic carbocycles. The first kappa shape index (κ1) is 34.2. The summed E-state index contributed by atoms with van der Waals surface area (Å²) in [5, 5.41) is 10.5. The summed E-state index contributed by atoms with van der Waals surface area (Å²) < 4.78 is 61.4. The number of rotatable bonds is 9. The van der Waals surface area contributed by atoms with Crippen LogP contribution < -0.4 is 14.9 Å². The highest BCUT2D eigenvalue weighted by Gasteiger charge is 2.38. The number of carbonyl (C=O) groups is 2. The molecule has 0 unspecified atom stereocenters. The van der Waals surface area contributed by atoms with Crippen molar-refractivity contribution in [3.63, 3.8) is 0 Å². The molecular formula is C30H41F3N4O5S.